The molecule has 1 heterocycles. The zero-order chi connectivity index (χ0) is 23.7. The van der Waals surface area contributed by atoms with Crippen LogP contribution in [0.2, 0.25) is 0 Å². The lowest BCUT2D eigenvalue weighted by atomic mass is 9.80. The van der Waals surface area contributed by atoms with Crippen molar-refractivity contribution < 1.29 is 9.53 Å². The highest BCUT2D eigenvalue weighted by Crippen LogP contribution is 2.44. The number of fused-ring (bicyclic) bond motifs is 1. The molecule has 4 aromatic carbocycles. The maximum absolute atomic E-state index is 11.8. The molecule has 0 saturated carbocycles. The van der Waals surface area contributed by atoms with Crippen molar-refractivity contribution in [3.05, 3.63) is 102 Å². The molecule has 0 saturated heterocycles. The van der Waals surface area contributed by atoms with Crippen LogP contribution in [0, 0.1) is 0 Å². The fraction of sp³-hybridized carbons (Fsp3) is 0.194. The van der Waals surface area contributed by atoms with E-state index in [-0.39, 0.29) is 11.4 Å². The lowest BCUT2D eigenvalue weighted by molar-refractivity contribution is 0.0600. The molecule has 0 N–H and O–H groups in total. The molecular formula is C31H28O2S. The number of carbonyl (C=O) groups is 1. The average molecular weight is 465 g/mol. The molecule has 0 bridgehead atoms. The molecule has 170 valence electrons. The summed E-state index contributed by atoms with van der Waals surface area (Å²) >= 11 is 1.96. The van der Waals surface area contributed by atoms with E-state index in [4.69, 9.17) is 4.74 Å². The number of esters is 1. The third kappa shape index (κ3) is 4.28. The number of thioether (sulfide) groups is 1. The minimum Gasteiger partial charge on any atom is -0.465 e. The van der Waals surface area contributed by atoms with Crippen molar-refractivity contribution in [2.75, 3.05) is 12.9 Å². The summed E-state index contributed by atoms with van der Waals surface area (Å²) in [5, 5.41) is 0. The van der Waals surface area contributed by atoms with Gasteiger partial charge in [-0.25, -0.2) is 4.79 Å². The van der Waals surface area contributed by atoms with Crippen LogP contribution in [0.25, 0.3) is 33.4 Å². The highest BCUT2D eigenvalue weighted by molar-refractivity contribution is 7.99. The van der Waals surface area contributed by atoms with Crippen LogP contribution >= 0.6 is 11.8 Å². The number of ether oxygens (including phenoxy) is 1. The summed E-state index contributed by atoms with van der Waals surface area (Å²) in [5.41, 5.74) is 9.24. The molecule has 2 nitrogen and oxygen atoms in total. The van der Waals surface area contributed by atoms with Crippen molar-refractivity contribution in [1.82, 2.24) is 0 Å². The van der Waals surface area contributed by atoms with E-state index in [1.807, 2.05) is 36.0 Å². The van der Waals surface area contributed by atoms with Gasteiger partial charge in [-0.2, -0.15) is 0 Å². The first-order valence-corrected chi connectivity index (χ1v) is 12.6. The van der Waals surface area contributed by atoms with E-state index in [1.165, 1.54) is 52.0 Å². The molecule has 3 heteroatoms. The van der Waals surface area contributed by atoms with Gasteiger partial charge in [0, 0.05) is 4.90 Å². The normalized spacial score (nSPS) is 14.3. The Hall–Kier alpha value is -3.30. The Morgan fingerprint density at radius 1 is 0.765 bits per heavy atom. The summed E-state index contributed by atoms with van der Waals surface area (Å²) in [4.78, 5) is 13.2. The number of benzene rings is 4. The highest BCUT2D eigenvalue weighted by Gasteiger charge is 2.28. The fourth-order valence-corrected chi connectivity index (χ4v) is 6.14. The van der Waals surface area contributed by atoms with Crippen molar-refractivity contribution in [3.8, 4) is 33.4 Å². The number of hydrogen-bond donors (Lipinski definition) is 0. The van der Waals surface area contributed by atoms with E-state index in [1.54, 1.807) is 0 Å². The van der Waals surface area contributed by atoms with Crippen LogP contribution in [-0.4, -0.2) is 18.8 Å². The van der Waals surface area contributed by atoms with Gasteiger partial charge in [-0.15, -0.1) is 11.8 Å². The van der Waals surface area contributed by atoms with E-state index in [2.05, 4.69) is 80.6 Å². The van der Waals surface area contributed by atoms with Gasteiger partial charge in [-0.3, -0.25) is 0 Å². The summed E-state index contributed by atoms with van der Waals surface area (Å²) in [6.45, 7) is 4.71. The molecule has 0 aromatic heterocycles. The molecule has 0 spiro atoms. The number of methoxy groups -OCH3 is 1. The SMILES string of the molecule is COC(=O)c1ccc(-c2ccc(-c3ccccc3)c(-c3ccc4c(c3)C(C)(C)CCS4)c2)cc1. The van der Waals surface area contributed by atoms with Gasteiger partial charge in [-0.1, -0.05) is 74.5 Å². The number of rotatable bonds is 4. The first kappa shape index (κ1) is 22.5. The van der Waals surface area contributed by atoms with Crippen molar-refractivity contribution in [2.24, 2.45) is 0 Å². The van der Waals surface area contributed by atoms with Crippen LogP contribution in [0.15, 0.2) is 95.9 Å². The third-order valence-corrected chi connectivity index (χ3v) is 7.82. The first-order chi connectivity index (χ1) is 16.5. The smallest absolute Gasteiger partial charge is 0.337 e. The van der Waals surface area contributed by atoms with Crippen LogP contribution < -0.4 is 0 Å². The van der Waals surface area contributed by atoms with Gasteiger partial charge in [0.05, 0.1) is 12.7 Å². The molecular weight excluding hydrogens is 436 g/mol. The highest BCUT2D eigenvalue weighted by atomic mass is 32.2. The second kappa shape index (κ2) is 9.15. The fourth-order valence-electron chi connectivity index (χ4n) is 4.65. The van der Waals surface area contributed by atoms with Crippen LogP contribution in [-0.2, 0) is 10.2 Å². The van der Waals surface area contributed by atoms with Gasteiger partial charge >= 0.3 is 5.97 Å². The Labute approximate surface area is 206 Å². The minimum absolute atomic E-state index is 0.171. The third-order valence-electron chi connectivity index (χ3n) is 6.75. The lowest BCUT2D eigenvalue weighted by Gasteiger charge is -2.32. The van der Waals surface area contributed by atoms with E-state index in [9.17, 15) is 4.79 Å². The zero-order valence-electron chi connectivity index (χ0n) is 19.8. The quantitative estimate of drug-likeness (QED) is 0.284. The second-order valence-corrected chi connectivity index (χ2v) is 10.5. The van der Waals surface area contributed by atoms with E-state index < -0.39 is 0 Å². The van der Waals surface area contributed by atoms with E-state index in [0.717, 1.165) is 11.1 Å². The molecule has 0 atom stereocenters. The topological polar surface area (TPSA) is 26.3 Å². The predicted molar refractivity (Wildman–Crippen MR) is 142 cm³/mol. The molecule has 1 aliphatic heterocycles. The van der Waals surface area contributed by atoms with Gasteiger partial charge in [0.2, 0.25) is 0 Å². The Bertz CT molecular complexity index is 1340. The monoisotopic (exact) mass is 464 g/mol. The molecule has 0 unspecified atom stereocenters. The Morgan fingerprint density at radius 3 is 2.21 bits per heavy atom. The predicted octanol–water partition coefficient (Wildman–Crippen LogP) is 8.25. The molecule has 5 rings (SSSR count). The van der Waals surface area contributed by atoms with Crippen molar-refractivity contribution in [1.29, 1.82) is 0 Å². The maximum atomic E-state index is 11.8. The van der Waals surface area contributed by atoms with Crippen molar-refractivity contribution in [2.45, 2.75) is 30.6 Å². The molecule has 0 fully saturated rings. The number of carbonyl (C=O) groups excluding carboxylic acids is 1. The summed E-state index contributed by atoms with van der Waals surface area (Å²) in [6.07, 6.45) is 1.19. The summed E-state index contributed by atoms with van der Waals surface area (Å²) in [5.74, 6) is 0.854. The molecule has 4 aromatic rings. The largest absolute Gasteiger partial charge is 0.465 e. The van der Waals surface area contributed by atoms with E-state index in [0.29, 0.717) is 5.56 Å². The summed E-state index contributed by atoms with van der Waals surface area (Å²) < 4.78 is 4.85. The van der Waals surface area contributed by atoms with Gasteiger partial charge in [0.15, 0.2) is 0 Å². The zero-order valence-corrected chi connectivity index (χ0v) is 20.6. The van der Waals surface area contributed by atoms with Crippen LogP contribution in [0.5, 0.6) is 0 Å². The Kier molecular flexibility index (Phi) is 6.05. The minimum atomic E-state index is -0.318. The Morgan fingerprint density at radius 2 is 1.47 bits per heavy atom. The molecule has 0 amide bonds. The molecule has 1 aliphatic rings. The lowest BCUT2D eigenvalue weighted by Crippen LogP contribution is -2.22. The average Bonchev–Trinajstić information content (AvgIpc) is 2.88. The summed E-state index contributed by atoms with van der Waals surface area (Å²) in [7, 11) is 1.41. The first-order valence-electron chi connectivity index (χ1n) is 11.6. The molecule has 0 radical (unpaired) electrons. The molecule has 0 aliphatic carbocycles. The van der Waals surface area contributed by atoms with Crippen LogP contribution in [0.3, 0.4) is 0 Å². The van der Waals surface area contributed by atoms with Crippen LogP contribution in [0.4, 0.5) is 0 Å². The van der Waals surface area contributed by atoms with Gasteiger partial charge in [-0.05, 0) is 86.9 Å². The van der Waals surface area contributed by atoms with Crippen molar-refractivity contribution >= 4 is 17.7 Å². The molecule has 34 heavy (non-hydrogen) atoms. The van der Waals surface area contributed by atoms with Crippen molar-refractivity contribution in [3.63, 3.8) is 0 Å². The number of hydrogen-bond acceptors (Lipinski definition) is 3. The van der Waals surface area contributed by atoms with Gasteiger partial charge < -0.3 is 4.74 Å². The van der Waals surface area contributed by atoms with Crippen LogP contribution in [0.1, 0.15) is 36.2 Å². The van der Waals surface area contributed by atoms with Gasteiger partial charge in [0.1, 0.15) is 0 Å². The summed E-state index contributed by atoms with van der Waals surface area (Å²) in [6, 6.07) is 31.8. The second-order valence-electron chi connectivity index (χ2n) is 9.39. The Balaban J connectivity index is 1.65. The standard InChI is InChI=1S/C31H28O2S/c1-31(2)17-18-34-29-16-14-25(20-28(29)31)27-19-24(13-15-26(27)22-7-5-4-6-8-22)21-9-11-23(12-10-21)30(32)33-3/h4-16,19-20H,17-18H2,1-3H3. The van der Waals surface area contributed by atoms with Gasteiger partial charge in [0.25, 0.3) is 0 Å². The van der Waals surface area contributed by atoms with E-state index >= 15 is 0 Å². The maximum Gasteiger partial charge on any atom is 0.337 e.